The van der Waals surface area contributed by atoms with E-state index in [-0.39, 0.29) is 0 Å². The number of aromatic nitrogens is 3. The molecule has 2 N–H and O–H groups in total. The second-order valence-corrected chi connectivity index (χ2v) is 8.23. The van der Waals surface area contributed by atoms with Gasteiger partial charge in [-0.1, -0.05) is 19.3 Å². The van der Waals surface area contributed by atoms with Crippen molar-refractivity contribution in [2.75, 3.05) is 38.2 Å². The maximum Gasteiger partial charge on any atom is 0.145 e. The Balaban J connectivity index is 1.50. The van der Waals surface area contributed by atoms with E-state index in [2.05, 4.69) is 33.7 Å². The number of rotatable bonds is 6. The van der Waals surface area contributed by atoms with Crippen molar-refractivity contribution in [2.45, 2.75) is 65.0 Å². The number of hydrogen-bond acceptors (Lipinski definition) is 4. The first kappa shape index (κ1) is 18.7. The quantitative estimate of drug-likeness (QED) is 0.815. The van der Waals surface area contributed by atoms with E-state index in [0.29, 0.717) is 6.04 Å². The van der Waals surface area contributed by atoms with Crippen LogP contribution in [0.25, 0.3) is 11.0 Å². The van der Waals surface area contributed by atoms with Gasteiger partial charge in [0.05, 0.1) is 25.1 Å². The van der Waals surface area contributed by atoms with Gasteiger partial charge in [0, 0.05) is 24.7 Å². The van der Waals surface area contributed by atoms with Crippen molar-refractivity contribution in [3.8, 4) is 0 Å². The lowest BCUT2D eigenvalue weighted by Crippen LogP contribution is -3.14. The van der Waals surface area contributed by atoms with Gasteiger partial charge in [-0.2, -0.15) is 0 Å². The number of fused-ring (bicyclic) bond motifs is 1. The highest BCUT2D eigenvalue weighted by atomic mass is 16.5. The van der Waals surface area contributed by atoms with Gasteiger partial charge in [0.25, 0.3) is 0 Å². The summed E-state index contributed by atoms with van der Waals surface area (Å²) in [6.07, 6.45) is 9.45. The number of quaternary nitrogens is 1. The van der Waals surface area contributed by atoms with Crippen LogP contribution in [0.3, 0.4) is 0 Å². The van der Waals surface area contributed by atoms with Crippen molar-refractivity contribution in [3.05, 3.63) is 17.6 Å². The average Bonchev–Trinajstić information content (AvgIpc) is 2.95. The number of anilines is 1. The first-order valence-corrected chi connectivity index (χ1v) is 10.7. The van der Waals surface area contributed by atoms with Crippen LogP contribution in [0.4, 0.5) is 5.82 Å². The highest BCUT2D eigenvalue weighted by Crippen LogP contribution is 2.30. The predicted octanol–water partition coefficient (Wildman–Crippen LogP) is 2.10. The topological polar surface area (TPSA) is 56.4 Å². The number of aryl methyl sites for hydroxylation is 2. The SMILES string of the molecule is Cc1c(C)n(CCC[NH+]2CCOCC2)c2ncnc(NC3CCCCC3)c12. The molecule has 3 heterocycles. The van der Waals surface area contributed by atoms with Gasteiger partial charge in [-0.25, -0.2) is 9.97 Å². The summed E-state index contributed by atoms with van der Waals surface area (Å²) >= 11 is 0. The number of nitrogens with one attached hydrogen (secondary N) is 2. The van der Waals surface area contributed by atoms with E-state index in [4.69, 9.17) is 4.74 Å². The molecule has 1 aliphatic heterocycles. The van der Waals surface area contributed by atoms with Crippen molar-refractivity contribution in [3.63, 3.8) is 0 Å². The molecule has 0 radical (unpaired) electrons. The van der Waals surface area contributed by atoms with E-state index >= 15 is 0 Å². The Morgan fingerprint density at radius 3 is 2.70 bits per heavy atom. The fourth-order valence-electron chi connectivity index (χ4n) is 4.69. The molecule has 2 fully saturated rings. The van der Waals surface area contributed by atoms with Gasteiger partial charge < -0.3 is 19.5 Å². The van der Waals surface area contributed by atoms with E-state index in [1.54, 1.807) is 11.2 Å². The molecule has 2 aromatic rings. The van der Waals surface area contributed by atoms with Gasteiger partial charge in [-0.15, -0.1) is 0 Å². The summed E-state index contributed by atoms with van der Waals surface area (Å²) in [5.41, 5.74) is 3.74. The molecule has 0 amide bonds. The molecular weight excluding hydrogens is 338 g/mol. The second kappa shape index (κ2) is 8.57. The number of nitrogens with zero attached hydrogens (tertiary/aromatic N) is 3. The van der Waals surface area contributed by atoms with Gasteiger partial charge in [0.1, 0.15) is 30.9 Å². The monoisotopic (exact) mass is 372 g/mol. The van der Waals surface area contributed by atoms with Crippen LogP contribution >= 0.6 is 0 Å². The largest absolute Gasteiger partial charge is 0.370 e. The number of ether oxygens (including phenoxy) is 1. The summed E-state index contributed by atoms with van der Waals surface area (Å²) < 4.78 is 7.87. The van der Waals surface area contributed by atoms with Crippen molar-refractivity contribution in [2.24, 2.45) is 0 Å². The molecule has 1 saturated carbocycles. The fourth-order valence-corrected chi connectivity index (χ4v) is 4.69. The summed E-state index contributed by atoms with van der Waals surface area (Å²) in [6.45, 7) is 10.8. The summed E-state index contributed by atoms with van der Waals surface area (Å²) in [6, 6.07) is 0.560. The first-order valence-electron chi connectivity index (χ1n) is 10.7. The minimum atomic E-state index is 0.560. The Kier molecular flexibility index (Phi) is 5.93. The van der Waals surface area contributed by atoms with Crippen molar-refractivity contribution in [1.82, 2.24) is 14.5 Å². The van der Waals surface area contributed by atoms with Crippen LogP contribution in [0, 0.1) is 13.8 Å². The second-order valence-electron chi connectivity index (χ2n) is 8.23. The third kappa shape index (κ3) is 4.11. The Labute approximate surface area is 162 Å². The molecule has 0 unspecified atom stereocenters. The molecule has 2 aromatic heterocycles. The Morgan fingerprint density at radius 1 is 1.15 bits per heavy atom. The summed E-state index contributed by atoms with van der Waals surface area (Å²) in [7, 11) is 0. The van der Waals surface area contributed by atoms with E-state index in [0.717, 1.165) is 44.3 Å². The van der Waals surface area contributed by atoms with Gasteiger partial charge in [-0.3, -0.25) is 0 Å². The number of hydrogen-bond donors (Lipinski definition) is 2. The molecule has 0 aromatic carbocycles. The third-order valence-electron chi connectivity index (χ3n) is 6.46. The van der Waals surface area contributed by atoms with Gasteiger partial charge in [0.15, 0.2) is 0 Å². The van der Waals surface area contributed by atoms with Gasteiger partial charge in [-0.05, 0) is 32.3 Å². The molecule has 0 atom stereocenters. The average molecular weight is 373 g/mol. The van der Waals surface area contributed by atoms with Crippen molar-refractivity contribution >= 4 is 16.9 Å². The molecular formula is C21H34N5O+. The first-order chi connectivity index (χ1) is 13.2. The van der Waals surface area contributed by atoms with Crippen LogP contribution in [0.2, 0.25) is 0 Å². The zero-order chi connectivity index (χ0) is 18.6. The molecule has 27 heavy (non-hydrogen) atoms. The van der Waals surface area contributed by atoms with E-state index < -0.39 is 0 Å². The smallest absolute Gasteiger partial charge is 0.145 e. The third-order valence-corrected chi connectivity index (χ3v) is 6.46. The predicted molar refractivity (Wildman–Crippen MR) is 108 cm³/mol. The molecule has 2 aliphatic rings. The van der Waals surface area contributed by atoms with E-state index in [9.17, 15) is 0 Å². The molecule has 1 aliphatic carbocycles. The maximum absolute atomic E-state index is 5.47. The minimum Gasteiger partial charge on any atom is -0.370 e. The highest BCUT2D eigenvalue weighted by molar-refractivity contribution is 5.92. The summed E-state index contributed by atoms with van der Waals surface area (Å²) in [5, 5.41) is 4.95. The Morgan fingerprint density at radius 2 is 1.93 bits per heavy atom. The molecule has 6 nitrogen and oxygen atoms in total. The van der Waals surface area contributed by atoms with Crippen LogP contribution in [0.1, 0.15) is 49.8 Å². The van der Waals surface area contributed by atoms with Crippen molar-refractivity contribution in [1.29, 1.82) is 0 Å². The van der Waals surface area contributed by atoms with Crippen LogP contribution in [-0.4, -0.2) is 53.4 Å². The Hall–Kier alpha value is -1.66. The van der Waals surface area contributed by atoms with Gasteiger partial charge >= 0.3 is 0 Å². The van der Waals surface area contributed by atoms with Crippen LogP contribution in [0.15, 0.2) is 6.33 Å². The Bertz CT molecular complexity index is 760. The highest BCUT2D eigenvalue weighted by Gasteiger charge is 2.20. The van der Waals surface area contributed by atoms with E-state index in [1.807, 2.05) is 0 Å². The zero-order valence-electron chi connectivity index (χ0n) is 16.9. The van der Waals surface area contributed by atoms with Crippen LogP contribution in [-0.2, 0) is 11.3 Å². The van der Waals surface area contributed by atoms with Crippen LogP contribution in [0.5, 0.6) is 0 Å². The zero-order valence-corrected chi connectivity index (χ0v) is 16.9. The molecule has 6 heteroatoms. The standard InChI is InChI=1S/C21H33N5O/c1-16-17(2)26(10-6-9-25-11-13-27-14-12-25)21-19(16)20(22-15-23-21)24-18-7-4-3-5-8-18/h15,18H,3-14H2,1-2H3,(H,22,23,24)/p+1. The molecule has 4 rings (SSSR count). The lowest BCUT2D eigenvalue weighted by atomic mass is 9.95. The minimum absolute atomic E-state index is 0.560. The van der Waals surface area contributed by atoms with Gasteiger partial charge in [0.2, 0.25) is 0 Å². The molecule has 0 spiro atoms. The van der Waals surface area contributed by atoms with Crippen molar-refractivity contribution < 1.29 is 9.64 Å². The maximum atomic E-state index is 5.47. The molecule has 0 bridgehead atoms. The van der Waals surface area contributed by atoms with E-state index in [1.165, 1.54) is 61.7 Å². The lowest BCUT2D eigenvalue weighted by Gasteiger charge is -2.24. The fraction of sp³-hybridized carbons (Fsp3) is 0.714. The molecule has 1 saturated heterocycles. The molecule has 148 valence electrons. The summed E-state index contributed by atoms with van der Waals surface area (Å²) in [5.74, 6) is 1.03. The normalized spacial score (nSPS) is 19.6. The number of morpholine rings is 1. The lowest BCUT2D eigenvalue weighted by molar-refractivity contribution is -0.908. The van der Waals surface area contributed by atoms with Crippen LogP contribution < -0.4 is 10.2 Å². The summed E-state index contributed by atoms with van der Waals surface area (Å²) in [4.78, 5) is 11.0.